The molecule has 0 aromatic heterocycles. The highest BCUT2D eigenvalue weighted by Gasteiger charge is 1.73. The smallest absolute Gasteiger partial charge is 0.0547 e. The average molecular weight is 170 g/mol. The molecule has 0 fully saturated rings. The van der Waals surface area contributed by atoms with E-state index in [9.17, 15) is 0 Å². The standard InChI is InChI=1S/C6H10N2.2C2H6/c1-3-4-8-6(2)5-7;2*1-2/h3-5,7H,1-2H3;2*1-2H3/b4-3-,7-5?,8-6?;;. The fourth-order valence-electron chi connectivity index (χ4n) is 0.229. The van der Waals surface area contributed by atoms with Crippen molar-refractivity contribution in [1.29, 1.82) is 5.41 Å². The van der Waals surface area contributed by atoms with Crippen molar-refractivity contribution in [2.24, 2.45) is 4.99 Å². The Morgan fingerprint density at radius 1 is 1.17 bits per heavy atom. The summed E-state index contributed by atoms with van der Waals surface area (Å²) in [4.78, 5) is 3.85. The van der Waals surface area contributed by atoms with E-state index < -0.39 is 0 Å². The monoisotopic (exact) mass is 170 g/mol. The van der Waals surface area contributed by atoms with Gasteiger partial charge in [0.05, 0.1) is 5.71 Å². The Bertz CT molecular complexity index is 124. The molecule has 0 spiro atoms. The Hall–Kier alpha value is -0.920. The van der Waals surface area contributed by atoms with Gasteiger partial charge in [-0.2, -0.15) is 0 Å². The molecule has 0 radical (unpaired) electrons. The summed E-state index contributed by atoms with van der Waals surface area (Å²) in [6, 6.07) is 0. The molecule has 0 aliphatic carbocycles. The Morgan fingerprint density at radius 2 is 1.58 bits per heavy atom. The molecule has 0 atom stereocenters. The van der Waals surface area contributed by atoms with Gasteiger partial charge < -0.3 is 5.41 Å². The Balaban J connectivity index is -0.000000175. The summed E-state index contributed by atoms with van der Waals surface area (Å²) in [5.74, 6) is 0. The molecule has 0 aliphatic rings. The van der Waals surface area contributed by atoms with Crippen LogP contribution in [0.4, 0.5) is 0 Å². The quantitative estimate of drug-likeness (QED) is 0.614. The number of allylic oxidation sites excluding steroid dienone is 1. The van der Waals surface area contributed by atoms with Crippen molar-refractivity contribution < 1.29 is 0 Å². The molecule has 0 saturated heterocycles. The number of nitrogens with zero attached hydrogens (tertiary/aromatic N) is 1. The Morgan fingerprint density at radius 3 is 1.83 bits per heavy atom. The highest BCUT2D eigenvalue weighted by atomic mass is 14.7. The molecule has 0 aromatic rings. The number of rotatable bonds is 2. The Labute approximate surface area is 76.9 Å². The van der Waals surface area contributed by atoms with E-state index in [1.54, 1.807) is 13.1 Å². The van der Waals surface area contributed by atoms with Crippen molar-refractivity contribution >= 4 is 11.9 Å². The highest BCUT2D eigenvalue weighted by Crippen LogP contribution is 1.74. The van der Waals surface area contributed by atoms with E-state index >= 15 is 0 Å². The predicted octanol–water partition coefficient (Wildman–Crippen LogP) is 3.68. The van der Waals surface area contributed by atoms with E-state index in [4.69, 9.17) is 5.41 Å². The SMILES string of the molecule is C/C=C\N=C(C)C=N.CC.CC. The van der Waals surface area contributed by atoms with Crippen molar-refractivity contribution in [1.82, 2.24) is 0 Å². The summed E-state index contributed by atoms with van der Waals surface area (Å²) in [6.45, 7) is 11.7. The molecular formula is C10H22N2. The molecule has 0 heterocycles. The molecule has 12 heavy (non-hydrogen) atoms. The first kappa shape index (κ1) is 17.2. The molecule has 2 heteroatoms. The summed E-state index contributed by atoms with van der Waals surface area (Å²) < 4.78 is 0. The van der Waals surface area contributed by atoms with Crippen LogP contribution in [0.3, 0.4) is 0 Å². The van der Waals surface area contributed by atoms with Crippen LogP contribution in [0.2, 0.25) is 0 Å². The van der Waals surface area contributed by atoms with Gasteiger partial charge in [0.1, 0.15) is 0 Å². The lowest BCUT2D eigenvalue weighted by Crippen LogP contribution is -1.87. The second-order valence-corrected chi connectivity index (χ2v) is 1.40. The zero-order chi connectivity index (χ0) is 10.4. The third-order valence-electron chi connectivity index (χ3n) is 0.636. The van der Waals surface area contributed by atoms with Crippen molar-refractivity contribution in [2.75, 3.05) is 0 Å². The van der Waals surface area contributed by atoms with Crippen LogP contribution >= 0.6 is 0 Å². The van der Waals surface area contributed by atoms with Crippen LogP contribution in [0, 0.1) is 5.41 Å². The largest absolute Gasteiger partial charge is 0.307 e. The first-order valence-corrected chi connectivity index (χ1v) is 4.47. The predicted molar refractivity (Wildman–Crippen MR) is 59.4 cm³/mol. The molecule has 0 aromatic carbocycles. The first-order valence-electron chi connectivity index (χ1n) is 4.47. The maximum Gasteiger partial charge on any atom is 0.0547 e. The van der Waals surface area contributed by atoms with Gasteiger partial charge in [-0.3, -0.25) is 4.99 Å². The van der Waals surface area contributed by atoms with Crippen LogP contribution in [0.5, 0.6) is 0 Å². The van der Waals surface area contributed by atoms with Gasteiger partial charge in [-0.25, -0.2) is 0 Å². The van der Waals surface area contributed by atoms with E-state index in [0.29, 0.717) is 0 Å². The van der Waals surface area contributed by atoms with E-state index in [-0.39, 0.29) is 0 Å². The summed E-state index contributed by atoms with van der Waals surface area (Å²) in [5, 5.41) is 6.70. The number of hydrogen-bond donors (Lipinski definition) is 1. The highest BCUT2D eigenvalue weighted by molar-refractivity contribution is 6.28. The normalized spacial score (nSPS) is 9.33. The van der Waals surface area contributed by atoms with Crippen LogP contribution in [0.25, 0.3) is 0 Å². The van der Waals surface area contributed by atoms with E-state index in [1.165, 1.54) is 6.21 Å². The zero-order valence-electron chi connectivity index (χ0n) is 9.18. The van der Waals surface area contributed by atoms with Crippen molar-refractivity contribution in [2.45, 2.75) is 41.5 Å². The summed E-state index contributed by atoms with van der Waals surface area (Å²) >= 11 is 0. The van der Waals surface area contributed by atoms with Crippen LogP contribution < -0.4 is 0 Å². The van der Waals surface area contributed by atoms with E-state index in [1.807, 2.05) is 40.7 Å². The Kier molecular flexibility index (Phi) is 32.3. The second kappa shape index (κ2) is 22.5. The third-order valence-corrected chi connectivity index (χ3v) is 0.636. The molecule has 0 aliphatic heterocycles. The molecule has 0 bridgehead atoms. The fourth-order valence-corrected chi connectivity index (χ4v) is 0.229. The van der Waals surface area contributed by atoms with Crippen molar-refractivity contribution in [3.05, 3.63) is 12.3 Å². The maximum atomic E-state index is 6.70. The van der Waals surface area contributed by atoms with Crippen LogP contribution in [-0.4, -0.2) is 11.9 Å². The van der Waals surface area contributed by atoms with Gasteiger partial charge in [-0.1, -0.05) is 33.8 Å². The minimum Gasteiger partial charge on any atom is -0.307 e. The minimum absolute atomic E-state index is 0.725. The molecule has 0 rings (SSSR count). The first-order chi connectivity index (χ1) is 5.81. The van der Waals surface area contributed by atoms with Gasteiger partial charge in [-0.15, -0.1) is 0 Å². The van der Waals surface area contributed by atoms with Crippen LogP contribution in [-0.2, 0) is 0 Å². The van der Waals surface area contributed by atoms with Gasteiger partial charge in [0, 0.05) is 12.4 Å². The molecular weight excluding hydrogens is 148 g/mol. The summed E-state index contributed by atoms with van der Waals surface area (Å²) in [6.07, 6.45) is 4.72. The van der Waals surface area contributed by atoms with Crippen molar-refractivity contribution in [3.63, 3.8) is 0 Å². The zero-order valence-corrected chi connectivity index (χ0v) is 9.18. The number of nitrogens with one attached hydrogen (secondary N) is 1. The average Bonchev–Trinajstić information content (AvgIpc) is 2.20. The van der Waals surface area contributed by atoms with Gasteiger partial charge in [-0.05, 0) is 13.8 Å². The lowest BCUT2D eigenvalue weighted by Gasteiger charge is -1.79. The lowest BCUT2D eigenvalue weighted by atomic mass is 10.5. The van der Waals surface area contributed by atoms with Crippen LogP contribution in [0.1, 0.15) is 41.5 Å². The molecule has 0 amide bonds. The van der Waals surface area contributed by atoms with E-state index in [2.05, 4.69) is 4.99 Å². The molecule has 0 saturated carbocycles. The maximum absolute atomic E-state index is 6.70. The van der Waals surface area contributed by atoms with E-state index in [0.717, 1.165) is 5.71 Å². The molecule has 2 nitrogen and oxygen atoms in total. The van der Waals surface area contributed by atoms with Gasteiger partial charge >= 0.3 is 0 Å². The fraction of sp³-hybridized carbons (Fsp3) is 0.600. The topological polar surface area (TPSA) is 36.2 Å². The number of hydrogen-bond acceptors (Lipinski definition) is 2. The van der Waals surface area contributed by atoms with Crippen molar-refractivity contribution in [3.8, 4) is 0 Å². The second-order valence-electron chi connectivity index (χ2n) is 1.40. The number of aliphatic imine (C=N–C) groups is 1. The summed E-state index contributed by atoms with van der Waals surface area (Å²) in [5.41, 5.74) is 0.725. The molecule has 0 unspecified atom stereocenters. The molecule has 72 valence electrons. The van der Waals surface area contributed by atoms with Gasteiger partial charge in [0.15, 0.2) is 0 Å². The summed E-state index contributed by atoms with van der Waals surface area (Å²) in [7, 11) is 0. The third kappa shape index (κ3) is 23.0. The molecule has 1 N–H and O–H groups in total. The van der Waals surface area contributed by atoms with Gasteiger partial charge in [0.25, 0.3) is 0 Å². The lowest BCUT2D eigenvalue weighted by molar-refractivity contribution is 1.50. The van der Waals surface area contributed by atoms with Crippen LogP contribution in [0.15, 0.2) is 17.3 Å². The minimum atomic E-state index is 0.725. The van der Waals surface area contributed by atoms with Gasteiger partial charge in [0.2, 0.25) is 0 Å².